The molecule has 5 heteroatoms. The van der Waals surface area contributed by atoms with E-state index in [1.165, 1.54) is 4.88 Å². The van der Waals surface area contributed by atoms with Crippen molar-refractivity contribution in [1.29, 1.82) is 5.26 Å². The molecule has 0 bridgehead atoms. The van der Waals surface area contributed by atoms with Crippen molar-refractivity contribution in [3.05, 3.63) is 50.9 Å². The molecule has 1 N–H and O–H groups in total. The van der Waals surface area contributed by atoms with Crippen molar-refractivity contribution in [2.75, 3.05) is 6.54 Å². The van der Waals surface area contributed by atoms with Gasteiger partial charge < -0.3 is 5.32 Å². The summed E-state index contributed by atoms with van der Waals surface area (Å²) < 4.78 is 0.823. The van der Waals surface area contributed by atoms with E-state index in [4.69, 9.17) is 16.9 Å². The summed E-state index contributed by atoms with van der Waals surface area (Å²) >= 11 is 7.46. The summed E-state index contributed by atoms with van der Waals surface area (Å²) in [7, 11) is 0. The molecule has 0 radical (unpaired) electrons. The van der Waals surface area contributed by atoms with E-state index in [1.807, 2.05) is 24.3 Å². The fourth-order valence-corrected chi connectivity index (χ4v) is 2.69. The SMILES string of the molecule is N#Cc1ncccc1CNCCc1ccc(Cl)s1. The van der Waals surface area contributed by atoms with Crippen LogP contribution in [0.15, 0.2) is 30.5 Å². The van der Waals surface area contributed by atoms with E-state index >= 15 is 0 Å². The highest BCUT2D eigenvalue weighted by atomic mass is 35.5. The molecule has 3 nitrogen and oxygen atoms in total. The van der Waals surface area contributed by atoms with Gasteiger partial charge in [-0.1, -0.05) is 17.7 Å². The summed E-state index contributed by atoms with van der Waals surface area (Å²) in [5, 5.41) is 12.2. The van der Waals surface area contributed by atoms with Gasteiger partial charge in [-0.25, -0.2) is 4.98 Å². The number of hydrogen-bond acceptors (Lipinski definition) is 4. The fourth-order valence-electron chi connectivity index (χ4n) is 1.60. The van der Waals surface area contributed by atoms with Crippen LogP contribution < -0.4 is 5.32 Å². The standard InChI is InChI=1S/C13H12ClN3S/c14-13-4-3-11(18-13)5-7-16-9-10-2-1-6-17-12(10)8-15/h1-4,6,16H,5,7,9H2. The molecule has 0 fully saturated rings. The summed E-state index contributed by atoms with van der Waals surface area (Å²) in [6.45, 7) is 1.52. The van der Waals surface area contributed by atoms with Gasteiger partial charge in [-0.05, 0) is 24.6 Å². The van der Waals surface area contributed by atoms with Crippen molar-refractivity contribution < 1.29 is 0 Å². The third kappa shape index (κ3) is 3.54. The van der Waals surface area contributed by atoms with E-state index in [2.05, 4.69) is 16.4 Å². The van der Waals surface area contributed by atoms with Gasteiger partial charge in [-0.15, -0.1) is 11.3 Å². The van der Waals surface area contributed by atoms with Crippen molar-refractivity contribution in [3.63, 3.8) is 0 Å². The first-order valence-electron chi connectivity index (χ1n) is 5.58. The highest BCUT2D eigenvalue weighted by molar-refractivity contribution is 7.16. The molecule has 2 rings (SSSR count). The van der Waals surface area contributed by atoms with Crippen molar-refractivity contribution in [1.82, 2.24) is 10.3 Å². The monoisotopic (exact) mass is 277 g/mol. The predicted octanol–water partition coefficient (Wildman–Crippen LogP) is 3.00. The third-order valence-electron chi connectivity index (χ3n) is 2.49. The average Bonchev–Trinajstić information content (AvgIpc) is 2.81. The van der Waals surface area contributed by atoms with Crippen LogP contribution in [0.1, 0.15) is 16.1 Å². The first-order valence-corrected chi connectivity index (χ1v) is 6.78. The van der Waals surface area contributed by atoms with Crippen LogP contribution >= 0.6 is 22.9 Å². The Morgan fingerprint density at radius 1 is 1.39 bits per heavy atom. The first-order chi connectivity index (χ1) is 8.79. The second-order valence-corrected chi connectivity index (χ2v) is 5.56. The van der Waals surface area contributed by atoms with Crippen molar-refractivity contribution in [2.24, 2.45) is 0 Å². The van der Waals surface area contributed by atoms with Gasteiger partial charge in [0.15, 0.2) is 0 Å². The molecule has 0 spiro atoms. The Morgan fingerprint density at radius 3 is 3.00 bits per heavy atom. The number of nitrogens with zero attached hydrogens (tertiary/aromatic N) is 2. The van der Waals surface area contributed by atoms with Crippen LogP contribution in [0.25, 0.3) is 0 Å². The molecular formula is C13H12ClN3S. The maximum absolute atomic E-state index is 8.90. The van der Waals surface area contributed by atoms with E-state index in [0.29, 0.717) is 12.2 Å². The molecule has 0 unspecified atom stereocenters. The van der Waals surface area contributed by atoms with Crippen LogP contribution in [-0.4, -0.2) is 11.5 Å². The lowest BCUT2D eigenvalue weighted by Gasteiger charge is -2.04. The van der Waals surface area contributed by atoms with Gasteiger partial charge in [-0.3, -0.25) is 0 Å². The Kier molecular flexibility index (Phi) is 4.71. The Hall–Kier alpha value is -1.41. The lowest BCUT2D eigenvalue weighted by Crippen LogP contribution is -2.17. The molecule has 2 aromatic rings. The van der Waals surface area contributed by atoms with Crippen molar-refractivity contribution in [2.45, 2.75) is 13.0 Å². The number of nitrogens with one attached hydrogen (secondary N) is 1. The number of halogens is 1. The number of thiophene rings is 1. The number of aromatic nitrogens is 1. The van der Waals surface area contributed by atoms with Crippen molar-refractivity contribution in [3.8, 4) is 6.07 Å². The molecule has 92 valence electrons. The average molecular weight is 278 g/mol. The Balaban J connectivity index is 1.80. The second-order valence-electron chi connectivity index (χ2n) is 3.76. The summed E-state index contributed by atoms with van der Waals surface area (Å²) in [5.74, 6) is 0. The predicted molar refractivity (Wildman–Crippen MR) is 73.7 cm³/mol. The zero-order valence-corrected chi connectivity index (χ0v) is 11.3. The molecule has 0 amide bonds. The number of pyridine rings is 1. The van der Waals surface area contributed by atoms with Crippen LogP contribution in [0.5, 0.6) is 0 Å². The molecule has 0 aromatic carbocycles. The van der Waals surface area contributed by atoms with Crippen LogP contribution in [0.4, 0.5) is 0 Å². The second kappa shape index (κ2) is 6.50. The minimum Gasteiger partial charge on any atom is -0.312 e. The Bertz CT molecular complexity index is 559. The number of rotatable bonds is 5. The fraction of sp³-hybridized carbons (Fsp3) is 0.231. The van der Waals surface area contributed by atoms with Gasteiger partial charge in [0.1, 0.15) is 11.8 Å². The summed E-state index contributed by atoms with van der Waals surface area (Å²) in [6.07, 6.45) is 2.58. The highest BCUT2D eigenvalue weighted by Crippen LogP contribution is 2.21. The topological polar surface area (TPSA) is 48.7 Å². The van der Waals surface area contributed by atoms with Gasteiger partial charge in [0, 0.05) is 29.7 Å². The normalized spacial score (nSPS) is 10.2. The zero-order valence-electron chi connectivity index (χ0n) is 9.69. The van der Waals surface area contributed by atoms with Gasteiger partial charge >= 0.3 is 0 Å². The van der Waals surface area contributed by atoms with E-state index in [-0.39, 0.29) is 0 Å². The van der Waals surface area contributed by atoms with Gasteiger partial charge in [0.2, 0.25) is 0 Å². The van der Waals surface area contributed by atoms with E-state index in [1.54, 1.807) is 17.5 Å². The molecule has 0 saturated heterocycles. The van der Waals surface area contributed by atoms with Gasteiger partial charge in [0.25, 0.3) is 0 Å². The number of nitriles is 1. The summed E-state index contributed by atoms with van der Waals surface area (Å²) in [5.41, 5.74) is 1.42. The molecule has 0 atom stereocenters. The third-order valence-corrected chi connectivity index (χ3v) is 3.78. The molecular weight excluding hydrogens is 266 g/mol. The van der Waals surface area contributed by atoms with E-state index in [9.17, 15) is 0 Å². The minimum absolute atomic E-state index is 0.490. The maximum atomic E-state index is 8.90. The van der Waals surface area contributed by atoms with E-state index < -0.39 is 0 Å². The Labute approximate surface area is 115 Å². The van der Waals surface area contributed by atoms with Crippen LogP contribution in [0, 0.1) is 11.3 Å². The summed E-state index contributed by atoms with van der Waals surface area (Å²) in [4.78, 5) is 5.28. The van der Waals surface area contributed by atoms with Crippen LogP contribution in [0.3, 0.4) is 0 Å². The van der Waals surface area contributed by atoms with Crippen LogP contribution in [-0.2, 0) is 13.0 Å². The lowest BCUT2D eigenvalue weighted by atomic mass is 10.2. The van der Waals surface area contributed by atoms with Gasteiger partial charge in [-0.2, -0.15) is 5.26 Å². The summed E-state index contributed by atoms with van der Waals surface area (Å²) in [6, 6.07) is 9.81. The molecule has 0 aliphatic carbocycles. The largest absolute Gasteiger partial charge is 0.312 e. The van der Waals surface area contributed by atoms with Gasteiger partial charge in [0.05, 0.1) is 4.34 Å². The van der Waals surface area contributed by atoms with E-state index in [0.717, 1.165) is 22.9 Å². The van der Waals surface area contributed by atoms with Crippen LogP contribution in [0.2, 0.25) is 4.34 Å². The quantitative estimate of drug-likeness (QED) is 0.855. The first kappa shape index (κ1) is 13.0. The molecule has 0 saturated carbocycles. The molecule has 2 aromatic heterocycles. The zero-order chi connectivity index (χ0) is 12.8. The lowest BCUT2D eigenvalue weighted by molar-refractivity contribution is 0.687. The molecule has 2 heterocycles. The van der Waals surface area contributed by atoms with Crippen molar-refractivity contribution >= 4 is 22.9 Å². The molecule has 0 aliphatic rings. The maximum Gasteiger partial charge on any atom is 0.144 e. The smallest absolute Gasteiger partial charge is 0.144 e. The minimum atomic E-state index is 0.490. The molecule has 18 heavy (non-hydrogen) atoms. The highest BCUT2D eigenvalue weighted by Gasteiger charge is 2.02. The molecule has 0 aliphatic heterocycles. The Morgan fingerprint density at radius 2 is 2.28 bits per heavy atom. The number of hydrogen-bond donors (Lipinski definition) is 1.